The third-order valence-corrected chi connectivity index (χ3v) is 5.59. The number of H-pyrrole nitrogens is 1. The molecule has 1 aliphatic heterocycles. The summed E-state index contributed by atoms with van der Waals surface area (Å²) in [6.07, 6.45) is 5.41. The van der Waals surface area contributed by atoms with E-state index in [-0.39, 0.29) is 11.3 Å². The molecule has 2 aromatic rings. The molecule has 1 aliphatic carbocycles. The summed E-state index contributed by atoms with van der Waals surface area (Å²) in [5, 5.41) is 13.1. The van der Waals surface area contributed by atoms with Gasteiger partial charge in [0.25, 0.3) is 11.5 Å². The Morgan fingerprint density at radius 1 is 1.14 bits per heavy atom. The van der Waals surface area contributed by atoms with E-state index in [1.807, 2.05) is 12.1 Å². The number of aromatic hydroxyl groups is 1. The van der Waals surface area contributed by atoms with Gasteiger partial charge >= 0.3 is 5.97 Å². The zero-order valence-electron chi connectivity index (χ0n) is 15.6. The van der Waals surface area contributed by atoms with Crippen LogP contribution in [0.15, 0.2) is 29.1 Å². The second-order valence-electron chi connectivity index (χ2n) is 7.43. The lowest BCUT2D eigenvalue weighted by molar-refractivity contribution is 0.0416. The van der Waals surface area contributed by atoms with Crippen LogP contribution in [0.4, 0.5) is 5.69 Å². The summed E-state index contributed by atoms with van der Waals surface area (Å²) in [7, 11) is 0. The van der Waals surface area contributed by atoms with Crippen molar-refractivity contribution in [3.8, 4) is 5.75 Å². The molecule has 1 saturated carbocycles. The highest BCUT2D eigenvalue weighted by atomic mass is 16.5. The summed E-state index contributed by atoms with van der Waals surface area (Å²) in [5.41, 5.74) is 0.536. The molecule has 28 heavy (non-hydrogen) atoms. The summed E-state index contributed by atoms with van der Waals surface area (Å²) in [6.45, 7) is 1.56. The molecule has 7 heteroatoms. The number of aromatic nitrogens is 1. The molecule has 7 nitrogen and oxygen atoms in total. The van der Waals surface area contributed by atoms with Crippen molar-refractivity contribution in [3.05, 3.63) is 57.0 Å². The van der Waals surface area contributed by atoms with Crippen LogP contribution < -0.4 is 10.9 Å². The van der Waals surface area contributed by atoms with Crippen molar-refractivity contribution in [3.63, 3.8) is 0 Å². The molecule has 2 aliphatic rings. The summed E-state index contributed by atoms with van der Waals surface area (Å²) in [6, 6.07) is 7.59. The molecule has 0 bridgehead atoms. The molecule has 2 heterocycles. The van der Waals surface area contributed by atoms with E-state index < -0.39 is 34.9 Å². The summed E-state index contributed by atoms with van der Waals surface area (Å²) < 4.78 is 4.99. The Labute approximate surface area is 161 Å². The summed E-state index contributed by atoms with van der Waals surface area (Å²) in [4.78, 5) is 38.9. The van der Waals surface area contributed by atoms with E-state index in [9.17, 15) is 19.5 Å². The zero-order chi connectivity index (χ0) is 19.8. The van der Waals surface area contributed by atoms with Crippen LogP contribution in [-0.2, 0) is 4.74 Å². The molecule has 0 unspecified atom stereocenters. The zero-order valence-corrected chi connectivity index (χ0v) is 15.6. The van der Waals surface area contributed by atoms with E-state index in [1.54, 1.807) is 19.1 Å². The van der Waals surface area contributed by atoms with Crippen molar-refractivity contribution in [2.45, 2.75) is 51.0 Å². The van der Waals surface area contributed by atoms with E-state index >= 15 is 0 Å². The number of aromatic amines is 1. The van der Waals surface area contributed by atoms with Gasteiger partial charge in [-0.1, -0.05) is 31.4 Å². The maximum atomic E-state index is 12.6. The largest absolute Gasteiger partial charge is 0.506 e. The Bertz CT molecular complexity index is 987. The van der Waals surface area contributed by atoms with Crippen LogP contribution in [0, 0.1) is 0 Å². The number of carbonyl (C=O) groups excluding carboxylic acids is 2. The van der Waals surface area contributed by atoms with E-state index in [1.165, 1.54) is 37.7 Å². The molecular weight excluding hydrogens is 360 g/mol. The predicted octanol–water partition coefficient (Wildman–Crippen LogP) is 3.61. The summed E-state index contributed by atoms with van der Waals surface area (Å²) in [5.74, 6) is -1.42. The van der Waals surface area contributed by atoms with Crippen molar-refractivity contribution in [2.75, 3.05) is 5.32 Å². The van der Waals surface area contributed by atoms with Crippen LogP contribution in [0.5, 0.6) is 5.75 Å². The monoisotopic (exact) mass is 382 g/mol. The highest BCUT2D eigenvalue weighted by molar-refractivity contribution is 6.07. The standard InChI is InChI=1S/C21H22N2O5/c1-11-15-17(21(27)28-11)23-20(26)16(18(15)24)19(25)22-14-9-7-13(8-10-14)12-5-3-2-4-6-12/h7-12H,2-6H2,1H3,(H,22,25)(H2,23,24,26)/t11-/m1/s1. The lowest BCUT2D eigenvalue weighted by Gasteiger charge is -2.22. The number of esters is 1. The third kappa shape index (κ3) is 3.17. The van der Waals surface area contributed by atoms with Gasteiger partial charge in [-0.2, -0.15) is 0 Å². The molecule has 1 atom stereocenters. The van der Waals surface area contributed by atoms with Crippen LogP contribution in [0.3, 0.4) is 0 Å². The van der Waals surface area contributed by atoms with E-state index in [0.717, 1.165) is 0 Å². The fourth-order valence-electron chi connectivity index (χ4n) is 4.12. The minimum atomic E-state index is -0.835. The number of hydrogen-bond donors (Lipinski definition) is 3. The average molecular weight is 382 g/mol. The normalized spacial score (nSPS) is 19.2. The van der Waals surface area contributed by atoms with Crippen LogP contribution in [-0.4, -0.2) is 22.0 Å². The first kappa shape index (κ1) is 18.3. The number of nitrogens with one attached hydrogen (secondary N) is 2. The fraction of sp³-hybridized carbons (Fsp3) is 0.381. The lowest BCUT2D eigenvalue weighted by Crippen LogP contribution is -2.25. The number of pyridine rings is 1. The maximum absolute atomic E-state index is 12.6. The maximum Gasteiger partial charge on any atom is 0.356 e. The van der Waals surface area contributed by atoms with Crippen LogP contribution in [0.2, 0.25) is 0 Å². The molecule has 146 valence electrons. The van der Waals surface area contributed by atoms with E-state index in [2.05, 4.69) is 10.3 Å². The molecular formula is C21H22N2O5. The van der Waals surface area contributed by atoms with Gasteiger partial charge in [0.15, 0.2) is 0 Å². The van der Waals surface area contributed by atoms with Gasteiger partial charge in [-0.3, -0.25) is 9.59 Å². The van der Waals surface area contributed by atoms with Gasteiger partial charge < -0.3 is 20.1 Å². The van der Waals surface area contributed by atoms with Gasteiger partial charge in [0.05, 0.1) is 5.56 Å². The van der Waals surface area contributed by atoms with Crippen LogP contribution in [0.1, 0.15) is 83.0 Å². The molecule has 0 saturated heterocycles. The van der Waals surface area contributed by atoms with Gasteiger partial charge in [0.2, 0.25) is 0 Å². The second-order valence-corrected chi connectivity index (χ2v) is 7.43. The topological polar surface area (TPSA) is 108 Å². The minimum Gasteiger partial charge on any atom is -0.506 e. The van der Waals surface area contributed by atoms with Crippen molar-refractivity contribution in [1.82, 2.24) is 4.98 Å². The minimum absolute atomic E-state index is 0.108. The number of ether oxygens (including phenoxy) is 1. The molecule has 0 spiro atoms. The summed E-state index contributed by atoms with van der Waals surface area (Å²) >= 11 is 0. The van der Waals surface area contributed by atoms with Crippen molar-refractivity contribution in [2.24, 2.45) is 0 Å². The first-order valence-corrected chi connectivity index (χ1v) is 9.57. The van der Waals surface area contributed by atoms with Crippen molar-refractivity contribution in [1.29, 1.82) is 0 Å². The number of cyclic esters (lactones) is 1. The SMILES string of the molecule is C[C@H]1OC(=O)c2[nH]c(=O)c(C(=O)Nc3ccc(C4CCCCC4)cc3)c(O)c21. The Kier molecular flexibility index (Phi) is 4.66. The van der Waals surface area contributed by atoms with E-state index in [4.69, 9.17) is 4.74 Å². The third-order valence-electron chi connectivity index (χ3n) is 5.59. The molecule has 4 rings (SSSR count). The molecule has 1 fully saturated rings. The molecule has 1 aromatic carbocycles. The number of amides is 1. The first-order chi connectivity index (χ1) is 13.5. The van der Waals surface area contributed by atoms with Crippen LogP contribution in [0.25, 0.3) is 0 Å². The number of hydrogen-bond acceptors (Lipinski definition) is 5. The number of fused-ring (bicyclic) bond motifs is 1. The first-order valence-electron chi connectivity index (χ1n) is 9.57. The van der Waals surface area contributed by atoms with Crippen LogP contribution >= 0.6 is 0 Å². The van der Waals surface area contributed by atoms with Crippen molar-refractivity contribution < 1.29 is 19.4 Å². The van der Waals surface area contributed by atoms with Crippen molar-refractivity contribution >= 4 is 17.6 Å². The van der Waals surface area contributed by atoms with Gasteiger partial charge in [-0.15, -0.1) is 0 Å². The molecule has 0 radical (unpaired) electrons. The fourth-order valence-corrected chi connectivity index (χ4v) is 4.12. The molecule has 1 amide bonds. The number of anilines is 1. The Hall–Kier alpha value is -3.09. The Balaban J connectivity index is 1.57. The second kappa shape index (κ2) is 7.14. The number of carbonyl (C=O) groups is 2. The lowest BCUT2D eigenvalue weighted by atomic mass is 9.84. The predicted molar refractivity (Wildman–Crippen MR) is 103 cm³/mol. The number of rotatable bonds is 3. The average Bonchev–Trinajstić information content (AvgIpc) is 2.96. The molecule has 3 N–H and O–H groups in total. The Morgan fingerprint density at radius 2 is 1.82 bits per heavy atom. The van der Waals surface area contributed by atoms with E-state index in [0.29, 0.717) is 11.6 Å². The molecule has 1 aromatic heterocycles. The quantitative estimate of drug-likeness (QED) is 0.703. The highest BCUT2D eigenvalue weighted by Crippen LogP contribution is 2.36. The van der Waals surface area contributed by atoms with Gasteiger partial charge in [-0.25, -0.2) is 4.79 Å². The highest BCUT2D eigenvalue weighted by Gasteiger charge is 2.35. The Morgan fingerprint density at radius 3 is 2.50 bits per heavy atom. The van der Waals surface area contributed by atoms with Gasteiger partial charge in [0.1, 0.15) is 23.1 Å². The number of benzene rings is 1. The van der Waals surface area contributed by atoms with Gasteiger partial charge in [-0.05, 0) is 43.4 Å². The van der Waals surface area contributed by atoms with Gasteiger partial charge in [0, 0.05) is 5.69 Å². The smallest absolute Gasteiger partial charge is 0.356 e.